The number of nitrogens with zero attached hydrogens (tertiary/aromatic N) is 2. The summed E-state index contributed by atoms with van der Waals surface area (Å²) in [6.45, 7) is 2.55. The molecule has 3 aromatic rings. The minimum absolute atomic E-state index is 0.199. The van der Waals surface area contributed by atoms with Crippen molar-refractivity contribution in [1.29, 1.82) is 0 Å². The maximum atomic E-state index is 12.6. The largest absolute Gasteiger partial charge is 0.366 e. The van der Waals surface area contributed by atoms with Crippen molar-refractivity contribution in [3.63, 3.8) is 0 Å². The summed E-state index contributed by atoms with van der Waals surface area (Å²) in [5, 5.41) is 7.07. The molecule has 0 aliphatic heterocycles. The lowest BCUT2D eigenvalue weighted by molar-refractivity contribution is 0.0977. The smallest absolute Gasteiger partial charge is 0.256 e. The Kier molecular flexibility index (Phi) is 4.61. The van der Waals surface area contributed by atoms with Crippen molar-refractivity contribution >= 4 is 17.5 Å². The van der Waals surface area contributed by atoms with Crippen molar-refractivity contribution in [2.75, 3.05) is 5.32 Å². The van der Waals surface area contributed by atoms with Crippen LogP contribution in [0.4, 0.5) is 5.69 Å². The molecule has 1 heterocycles. The minimum Gasteiger partial charge on any atom is -0.366 e. The first-order valence-electron chi connectivity index (χ1n) is 7.82. The van der Waals surface area contributed by atoms with Gasteiger partial charge in [-0.15, -0.1) is 0 Å². The van der Waals surface area contributed by atoms with E-state index in [-0.39, 0.29) is 17.0 Å². The minimum atomic E-state index is -0.630. The highest BCUT2D eigenvalue weighted by atomic mass is 16.2. The van der Waals surface area contributed by atoms with Crippen LogP contribution >= 0.6 is 0 Å². The number of amides is 2. The van der Waals surface area contributed by atoms with Gasteiger partial charge in [-0.1, -0.05) is 24.3 Å². The second-order valence-corrected chi connectivity index (χ2v) is 5.66. The Balaban J connectivity index is 1.86. The van der Waals surface area contributed by atoms with E-state index in [0.29, 0.717) is 12.2 Å². The van der Waals surface area contributed by atoms with Crippen LogP contribution < -0.4 is 11.1 Å². The molecule has 0 fully saturated rings. The highest BCUT2D eigenvalue weighted by molar-refractivity contribution is 6.12. The molecule has 0 saturated carbocycles. The molecular weight excluding hydrogens is 316 g/mol. The van der Waals surface area contributed by atoms with Gasteiger partial charge in [0, 0.05) is 18.1 Å². The SMILES string of the molecule is Cc1c(Cn2cccn2)cccc1NC(=O)c1ccccc1C(N)=O. The first-order chi connectivity index (χ1) is 12.1. The van der Waals surface area contributed by atoms with Gasteiger partial charge in [-0.2, -0.15) is 5.10 Å². The lowest BCUT2D eigenvalue weighted by Crippen LogP contribution is -2.20. The topological polar surface area (TPSA) is 90.0 Å². The lowest BCUT2D eigenvalue weighted by Gasteiger charge is -2.13. The van der Waals surface area contributed by atoms with Crippen molar-refractivity contribution in [2.24, 2.45) is 5.73 Å². The first kappa shape index (κ1) is 16.4. The van der Waals surface area contributed by atoms with E-state index in [4.69, 9.17) is 5.73 Å². The van der Waals surface area contributed by atoms with Crippen LogP contribution in [-0.4, -0.2) is 21.6 Å². The fourth-order valence-corrected chi connectivity index (χ4v) is 2.64. The van der Waals surface area contributed by atoms with E-state index < -0.39 is 5.91 Å². The number of anilines is 1. The number of rotatable bonds is 5. The van der Waals surface area contributed by atoms with E-state index in [0.717, 1.165) is 11.1 Å². The molecule has 2 amide bonds. The standard InChI is InChI=1S/C19H18N4O2/c1-13-14(12-23-11-5-10-21-23)6-4-9-17(13)22-19(25)16-8-3-2-7-15(16)18(20)24/h2-11H,12H2,1H3,(H2,20,24)(H,22,25). The van der Waals surface area contributed by atoms with Crippen LogP contribution in [0.3, 0.4) is 0 Å². The third-order valence-electron chi connectivity index (χ3n) is 4.02. The summed E-state index contributed by atoms with van der Waals surface area (Å²) in [6, 6.07) is 14.0. The van der Waals surface area contributed by atoms with Gasteiger partial charge in [0.25, 0.3) is 5.91 Å². The second-order valence-electron chi connectivity index (χ2n) is 5.66. The number of hydrogen-bond donors (Lipinski definition) is 2. The van der Waals surface area contributed by atoms with Crippen LogP contribution in [0.15, 0.2) is 60.9 Å². The summed E-state index contributed by atoms with van der Waals surface area (Å²) in [5.41, 5.74) is 8.48. The molecule has 0 saturated heterocycles. The summed E-state index contributed by atoms with van der Waals surface area (Å²) in [4.78, 5) is 24.1. The van der Waals surface area contributed by atoms with Gasteiger partial charge in [-0.05, 0) is 42.3 Å². The van der Waals surface area contributed by atoms with Gasteiger partial charge in [0.1, 0.15) is 0 Å². The van der Waals surface area contributed by atoms with E-state index in [1.165, 1.54) is 6.07 Å². The van der Waals surface area contributed by atoms with Gasteiger partial charge in [-0.3, -0.25) is 14.3 Å². The number of nitrogens with one attached hydrogen (secondary N) is 1. The highest BCUT2D eigenvalue weighted by Gasteiger charge is 2.16. The first-order valence-corrected chi connectivity index (χ1v) is 7.82. The molecule has 0 aliphatic carbocycles. The Morgan fingerprint density at radius 1 is 1.08 bits per heavy atom. The summed E-state index contributed by atoms with van der Waals surface area (Å²) < 4.78 is 1.82. The van der Waals surface area contributed by atoms with Crippen LogP contribution in [0.5, 0.6) is 0 Å². The Morgan fingerprint density at radius 3 is 2.52 bits per heavy atom. The molecule has 2 aromatic carbocycles. The summed E-state index contributed by atoms with van der Waals surface area (Å²) in [7, 11) is 0. The number of carbonyl (C=O) groups excluding carboxylic acids is 2. The predicted octanol–water partition coefficient (Wildman–Crippen LogP) is 2.59. The van der Waals surface area contributed by atoms with Crippen molar-refractivity contribution in [2.45, 2.75) is 13.5 Å². The van der Waals surface area contributed by atoms with Crippen LogP contribution in [-0.2, 0) is 6.54 Å². The average Bonchev–Trinajstić information content (AvgIpc) is 3.11. The molecule has 0 unspecified atom stereocenters. The number of benzene rings is 2. The summed E-state index contributed by atoms with van der Waals surface area (Å²) >= 11 is 0. The molecule has 6 nitrogen and oxygen atoms in total. The molecule has 6 heteroatoms. The van der Waals surface area contributed by atoms with E-state index in [9.17, 15) is 9.59 Å². The van der Waals surface area contributed by atoms with Crippen LogP contribution in [0.2, 0.25) is 0 Å². The van der Waals surface area contributed by atoms with Crippen LogP contribution in [0.1, 0.15) is 31.8 Å². The van der Waals surface area contributed by atoms with E-state index >= 15 is 0 Å². The van der Waals surface area contributed by atoms with Crippen molar-refractivity contribution < 1.29 is 9.59 Å². The Labute approximate surface area is 145 Å². The Morgan fingerprint density at radius 2 is 1.84 bits per heavy atom. The fourth-order valence-electron chi connectivity index (χ4n) is 2.64. The molecule has 25 heavy (non-hydrogen) atoms. The van der Waals surface area contributed by atoms with Crippen molar-refractivity contribution in [1.82, 2.24) is 9.78 Å². The van der Waals surface area contributed by atoms with Gasteiger partial charge in [0.15, 0.2) is 0 Å². The maximum absolute atomic E-state index is 12.6. The number of carbonyl (C=O) groups is 2. The molecule has 0 radical (unpaired) electrons. The quantitative estimate of drug-likeness (QED) is 0.751. The number of aromatic nitrogens is 2. The molecule has 3 N–H and O–H groups in total. The zero-order valence-corrected chi connectivity index (χ0v) is 13.8. The molecule has 126 valence electrons. The van der Waals surface area contributed by atoms with Gasteiger partial charge < -0.3 is 11.1 Å². The monoisotopic (exact) mass is 334 g/mol. The van der Waals surface area contributed by atoms with Crippen molar-refractivity contribution in [3.05, 3.63) is 83.2 Å². The summed E-state index contributed by atoms with van der Waals surface area (Å²) in [5.74, 6) is -0.997. The Bertz CT molecular complexity index is 917. The van der Waals surface area contributed by atoms with E-state index in [1.807, 2.05) is 42.1 Å². The van der Waals surface area contributed by atoms with Gasteiger partial charge >= 0.3 is 0 Å². The molecular formula is C19H18N4O2. The second kappa shape index (κ2) is 7.00. The average molecular weight is 334 g/mol. The molecule has 0 aliphatic rings. The molecule has 1 aromatic heterocycles. The third-order valence-corrected chi connectivity index (χ3v) is 4.02. The number of hydrogen-bond acceptors (Lipinski definition) is 3. The summed E-state index contributed by atoms with van der Waals surface area (Å²) in [6.07, 6.45) is 3.61. The molecule has 0 bridgehead atoms. The molecule has 0 atom stereocenters. The number of primary amides is 1. The lowest BCUT2D eigenvalue weighted by atomic mass is 10.0. The van der Waals surface area contributed by atoms with Gasteiger partial charge in [0.05, 0.1) is 17.7 Å². The van der Waals surface area contributed by atoms with E-state index in [1.54, 1.807) is 24.4 Å². The zero-order valence-electron chi connectivity index (χ0n) is 13.8. The maximum Gasteiger partial charge on any atom is 0.256 e. The van der Waals surface area contributed by atoms with Crippen LogP contribution in [0, 0.1) is 6.92 Å². The van der Waals surface area contributed by atoms with Gasteiger partial charge in [0.2, 0.25) is 5.91 Å². The van der Waals surface area contributed by atoms with Crippen molar-refractivity contribution in [3.8, 4) is 0 Å². The Hall–Kier alpha value is -3.41. The number of nitrogens with two attached hydrogens (primary N) is 1. The van der Waals surface area contributed by atoms with Crippen LogP contribution in [0.25, 0.3) is 0 Å². The van der Waals surface area contributed by atoms with Gasteiger partial charge in [-0.25, -0.2) is 0 Å². The molecule has 3 rings (SSSR count). The predicted molar refractivity (Wildman–Crippen MR) is 95.4 cm³/mol. The third kappa shape index (κ3) is 3.58. The molecule has 0 spiro atoms. The zero-order chi connectivity index (χ0) is 17.8. The fraction of sp³-hybridized carbons (Fsp3) is 0.105. The van der Waals surface area contributed by atoms with E-state index in [2.05, 4.69) is 10.4 Å². The highest BCUT2D eigenvalue weighted by Crippen LogP contribution is 2.21. The normalized spacial score (nSPS) is 10.4.